The molecule has 12 nitrogen and oxygen atoms in total. The molecular weight excluding hydrogens is 570 g/mol. The lowest BCUT2D eigenvalue weighted by molar-refractivity contribution is 0.0933. The first-order chi connectivity index (χ1) is 21.1. The van der Waals surface area contributed by atoms with E-state index in [1.165, 1.54) is 10.9 Å². The number of hydrogen-bond acceptors (Lipinski definition) is 9. The predicted octanol–water partition coefficient (Wildman–Crippen LogP) is 3.79. The highest BCUT2D eigenvalue weighted by molar-refractivity contribution is 6.07. The number of carbonyl (C=O) groups excluding carboxylic acids is 2. The fourth-order valence-corrected chi connectivity index (χ4v) is 4.76. The summed E-state index contributed by atoms with van der Waals surface area (Å²) in [5.74, 6) is -0.484. The van der Waals surface area contributed by atoms with E-state index in [-0.39, 0.29) is 33.7 Å². The number of hydrogen-bond donors (Lipinski definition) is 2. The van der Waals surface area contributed by atoms with Gasteiger partial charge in [-0.3, -0.25) is 19.5 Å². The van der Waals surface area contributed by atoms with Crippen LogP contribution in [0.4, 0.5) is 5.69 Å². The van der Waals surface area contributed by atoms with Gasteiger partial charge in [0.05, 0.1) is 40.6 Å². The number of nitrogens with zero attached hydrogens (tertiary/aromatic N) is 7. The highest BCUT2D eigenvalue weighted by Gasteiger charge is 2.25. The third kappa shape index (κ3) is 8.86. The molecule has 2 N–H and O–H groups in total. The molecule has 1 aromatic carbocycles. The van der Waals surface area contributed by atoms with E-state index in [0.717, 1.165) is 31.7 Å². The number of nitriles is 1. The molecule has 3 heterocycles. The van der Waals surface area contributed by atoms with Crippen LogP contribution < -0.4 is 15.4 Å². The number of carbonyl (C=O) groups is 2. The van der Waals surface area contributed by atoms with Gasteiger partial charge in [0.2, 0.25) is 0 Å². The lowest BCUT2D eigenvalue weighted by Gasteiger charge is -2.32. The standard InChI is InChI=1S/C33H45N9O3/c1-22-28(42-20-27(38-39-42)31(44)36-21-32(2,3)4)17-25(19-35-22)37-30(43)26-16-24(33(5,6)7)15-23(18-34)29(26)45-14-13-41-11-9-40(8)10-12-41/h15-17,19-20H,9-14,21H2,1-8H3,(H,36,44)(H,37,43). The predicted molar refractivity (Wildman–Crippen MR) is 173 cm³/mol. The maximum atomic E-state index is 13.8. The summed E-state index contributed by atoms with van der Waals surface area (Å²) in [4.78, 5) is 35.5. The summed E-state index contributed by atoms with van der Waals surface area (Å²) in [6, 6.07) is 7.55. The monoisotopic (exact) mass is 615 g/mol. The summed E-state index contributed by atoms with van der Waals surface area (Å²) in [6.45, 7) is 19.4. The Balaban J connectivity index is 1.57. The second-order valence-electron chi connectivity index (χ2n) is 13.8. The van der Waals surface area contributed by atoms with Gasteiger partial charge in [-0.25, -0.2) is 4.68 Å². The van der Waals surface area contributed by atoms with E-state index in [4.69, 9.17) is 4.74 Å². The smallest absolute Gasteiger partial charge is 0.273 e. The molecule has 0 aliphatic carbocycles. The van der Waals surface area contributed by atoms with Crippen molar-refractivity contribution in [2.24, 2.45) is 5.41 Å². The second kappa shape index (κ2) is 13.7. The first-order valence-corrected chi connectivity index (χ1v) is 15.3. The van der Waals surface area contributed by atoms with E-state index in [0.29, 0.717) is 42.3 Å². The number of benzene rings is 1. The van der Waals surface area contributed by atoms with Crippen molar-refractivity contribution in [3.63, 3.8) is 0 Å². The number of rotatable bonds is 9. The zero-order chi connectivity index (χ0) is 32.9. The molecule has 0 spiro atoms. The van der Waals surface area contributed by atoms with Crippen molar-refractivity contribution in [2.45, 2.75) is 53.9 Å². The van der Waals surface area contributed by atoms with Crippen molar-refractivity contribution in [1.29, 1.82) is 5.26 Å². The number of anilines is 1. The Morgan fingerprint density at radius 1 is 1.04 bits per heavy atom. The molecular formula is C33H45N9O3. The van der Waals surface area contributed by atoms with Gasteiger partial charge in [0.15, 0.2) is 5.69 Å². The van der Waals surface area contributed by atoms with Gasteiger partial charge in [0.1, 0.15) is 18.4 Å². The molecule has 2 amide bonds. The normalized spacial score (nSPS) is 14.6. The zero-order valence-electron chi connectivity index (χ0n) is 27.7. The molecule has 240 valence electrons. The number of aromatic nitrogens is 4. The van der Waals surface area contributed by atoms with Crippen LogP contribution >= 0.6 is 0 Å². The number of pyridine rings is 1. The molecule has 4 rings (SSSR count). The Kier molecular flexibility index (Phi) is 10.3. The third-order valence-electron chi connectivity index (χ3n) is 7.64. The quantitative estimate of drug-likeness (QED) is 0.368. The fourth-order valence-electron chi connectivity index (χ4n) is 4.76. The lowest BCUT2D eigenvalue weighted by Crippen LogP contribution is -2.45. The van der Waals surface area contributed by atoms with Gasteiger partial charge in [-0.05, 0) is 48.6 Å². The third-order valence-corrected chi connectivity index (χ3v) is 7.64. The average Bonchev–Trinajstić information content (AvgIpc) is 3.47. The van der Waals surface area contributed by atoms with Crippen molar-refractivity contribution in [2.75, 3.05) is 58.2 Å². The van der Waals surface area contributed by atoms with E-state index in [1.807, 2.05) is 41.5 Å². The van der Waals surface area contributed by atoms with Crippen LogP contribution in [0.5, 0.6) is 5.75 Å². The van der Waals surface area contributed by atoms with Gasteiger partial charge in [0.25, 0.3) is 11.8 Å². The molecule has 0 unspecified atom stereocenters. The number of piperazine rings is 1. The fraction of sp³-hybridized carbons (Fsp3) is 0.515. The Hall–Kier alpha value is -4.34. The molecule has 1 fully saturated rings. The molecule has 1 aliphatic rings. The number of amides is 2. The Morgan fingerprint density at radius 3 is 2.40 bits per heavy atom. The van der Waals surface area contributed by atoms with Crippen LogP contribution in [0.1, 0.15) is 79.2 Å². The van der Waals surface area contributed by atoms with Crippen molar-refractivity contribution < 1.29 is 14.3 Å². The molecule has 45 heavy (non-hydrogen) atoms. The largest absolute Gasteiger partial charge is 0.490 e. The number of nitrogens with one attached hydrogen (secondary N) is 2. The Labute approximate surface area is 265 Å². The first kappa shape index (κ1) is 33.6. The van der Waals surface area contributed by atoms with Crippen LogP contribution in [0.25, 0.3) is 5.69 Å². The topological polar surface area (TPSA) is 141 Å². The van der Waals surface area contributed by atoms with Crippen LogP contribution in [-0.2, 0) is 5.41 Å². The number of aryl methyl sites for hydroxylation is 1. The first-order valence-electron chi connectivity index (χ1n) is 15.3. The van der Waals surface area contributed by atoms with Crippen LogP contribution in [-0.4, -0.2) is 94.5 Å². The van der Waals surface area contributed by atoms with Gasteiger partial charge in [-0.1, -0.05) is 46.8 Å². The second-order valence-corrected chi connectivity index (χ2v) is 13.8. The van der Waals surface area contributed by atoms with Crippen molar-refractivity contribution >= 4 is 17.5 Å². The minimum Gasteiger partial charge on any atom is -0.490 e. The number of likely N-dealkylation sites (N-methyl/N-ethyl adjacent to an activating group) is 1. The maximum Gasteiger partial charge on any atom is 0.273 e. The van der Waals surface area contributed by atoms with Gasteiger partial charge < -0.3 is 20.3 Å². The van der Waals surface area contributed by atoms with E-state index in [9.17, 15) is 14.9 Å². The molecule has 0 atom stereocenters. The minimum atomic E-state index is -0.426. The minimum absolute atomic E-state index is 0.0748. The summed E-state index contributed by atoms with van der Waals surface area (Å²) in [6.07, 6.45) is 3.09. The van der Waals surface area contributed by atoms with Crippen LogP contribution in [0, 0.1) is 23.7 Å². The van der Waals surface area contributed by atoms with E-state index < -0.39 is 5.91 Å². The SMILES string of the molecule is Cc1ncc(NC(=O)c2cc(C(C)(C)C)cc(C#N)c2OCCN2CCN(C)CC2)cc1-n1cc(C(=O)NCC(C)(C)C)nn1. The summed E-state index contributed by atoms with van der Waals surface area (Å²) < 4.78 is 7.64. The zero-order valence-corrected chi connectivity index (χ0v) is 27.7. The van der Waals surface area contributed by atoms with Crippen LogP contribution in [0.15, 0.2) is 30.6 Å². The van der Waals surface area contributed by atoms with Gasteiger partial charge >= 0.3 is 0 Å². The van der Waals surface area contributed by atoms with E-state index in [2.05, 4.69) is 48.8 Å². The van der Waals surface area contributed by atoms with Crippen molar-refractivity contribution in [1.82, 2.24) is 35.1 Å². The molecule has 12 heteroatoms. The van der Waals surface area contributed by atoms with E-state index in [1.54, 1.807) is 31.3 Å². The summed E-state index contributed by atoms with van der Waals surface area (Å²) in [5.41, 5.74) is 2.84. The Morgan fingerprint density at radius 2 is 1.76 bits per heavy atom. The van der Waals surface area contributed by atoms with E-state index >= 15 is 0 Å². The van der Waals surface area contributed by atoms with Gasteiger partial charge in [-0.15, -0.1) is 5.10 Å². The highest BCUT2D eigenvalue weighted by atomic mass is 16.5. The van der Waals surface area contributed by atoms with Gasteiger partial charge in [0, 0.05) is 39.3 Å². The molecule has 0 radical (unpaired) electrons. The van der Waals surface area contributed by atoms with Crippen LogP contribution in [0.2, 0.25) is 0 Å². The van der Waals surface area contributed by atoms with Gasteiger partial charge in [-0.2, -0.15) is 5.26 Å². The Bertz CT molecular complexity index is 1570. The maximum absolute atomic E-state index is 13.8. The highest BCUT2D eigenvalue weighted by Crippen LogP contribution is 2.32. The average molecular weight is 616 g/mol. The molecule has 2 aromatic heterocycles. The summed E-state index contributed by atoms with van der Waals surface area (Å²) >= 11 is 0. The molecule has 0 bridgehead atoms. The molecule has 1 saturated heterocycles. The molecule has 3 aromatic rings. The summed E-state index contributed by atoms with van der Waals surface area (Å²) in [7, 11) is 2.11. The molecule has 1 aliphatic heterocycles. The summed E-state index contributed by atoms with van der Waals surface area (Å²) in [5, 5.41) is 24.0. The number of ether oxygens (including phenoxy) is 1. The molecule has 0 saturated carbocycles. The van der Waals surface area contributed by atoms with Crippen molar-refractivity contribution in [3.8, 4) is 17.5 Å². The lowest BCUT2D eigenvalue weighted by atomic mass is 9.84. The van der Waals surface area contributed by atoms with Crippen molar-refractivity contribution in [3.05, 3.63) is 58.7 Å². The van der Waals surface area contributed by atoms with Crippen LogP contribution in [0.3, 0.4) is 0 Å².